The molecule has 0 aliphatic carbocycles. The number of thiazole rings is 1. The van der Waals surface area contributed by atoms with Crippen molar-refractivity contribution in [3.05, 3.63) is 16.6 Å². The van der Waals surface area contributed by atoms with E-state index in [2.05, 4.69) is 24.1 Å². The van der Waals surface area contributed by atoms with Crippen LogP contribution in [0.25, 0.3) is 0 Å². The first-order valence-electron chi connectivity index (χ1n) is 5.41. The molecule has 0 radical (unpaired) electrons. The third-order valence-electron chi connectivity index (χ3n) is 2.72. The standard InChI is InChI=1S/C11H18N2OS/c1-11(2)7-9(3-5-14-11)13-8-10-12-4-6-15-10/h4,6,9,13H,3,5,7-8H2,1-2H3. The zero-order valence-corrected chi connectivity index (χ0v) is 10.1. The SMILES string of the molecule is CC1(C)CC(NCc2nccs2)CCO1. The Balaban J connectivity index is 1.80. The van der Waals surface area contributed by atoms with Crippen molar-refractivity contribution in [3.8, 4) is 0 Å². The molecule has 1 aliphatic heterocycles. The number of nitrogens with zero attached hydrogens (tertiary/aromatic N) is 1. The number of aromatic nitrogens is 1. The van der Waals surface area contributed by atoms with Crippen LogP contribution in [0.3, 0.4) is 0 Å². The van der Waals surface area contributed by atoms with Crippen molar-refractivity contribution in [1.82, 2.24) is 10.3 Å². The van der Waals surface area contributed by atoms with Crippen LogP contribution in [-0.2, 0) is 11.3 Å². The fraction of sp³-hybridized carbons (Fsp3) is 0.727. The van der Waals surface area contributed by atoms with Crippen LogP contribution in [0.15, 0.2) is 11.6 Å². The predicted molar refractivity (Wildman–Crippen MR) is 62.0 cm³/mol. The Morgan fingerprint density at radius 2 is 2.53 bits per heavy atom. The largest absolute Gasteiger partial charge is 0.375 e. The van der Waals surface area contributed by atoms with Crippen molar-refractivity contribution in [2.24, 2.45) is 0 Å². The lowest BCUT2D eigenvalue weighted by molar-refractivity contribution is -0.0630. The fourth-order valence-electron chi connectivity index (χ4n) is 1.98. The molecule has 1 N–H and O–H groups in total. The summed E-state index contributed by atoms with van der Waals surface area (Å²) in [5.74, 6) is 0. The van der Waals surface area contributed by atoms with Crippen molar-refractivity contribution in [2.75, 3.05) is 6.61 Å². The van der Waals surface area contributed by atoms with Gasteiger partial charge < -0.3 is 10.1 Å². The Hall–Kier alpha value is -0.450. The van der Waals surface area contributed by atoms with E-state index >= 15 is 0 Å². The highest BCUT2D eigenvalue weighted by molar-refractivity contribution is 7.09. The van der Waals surface area contributed by atoms with Crippen LogP contribution in [0.5, 0.6) is 0 Å². The quantitative estimate of drug-likeness (QED) is 0.858. The van der Waals surface area contributed by atoms with Gasteiger partial charge in [0, 0.05) is 30.8 Å². The van der Waals surface area contributed by atoms with Gasteiger partial charge in [-0.05, 0) is 26.7 Å². The number of rotatable bonds is 3. The molecule has 15 heavy (non-hydrogen) atoms. The maximum Gasteiger partial charge on any atom is 0.106 e. The van der Waals surface area contributed by atoms with E-state index in [1.165, 1.54) is 5.01 Å². The van der Waals surface area contributed by atoms with Gasteiger partial charge in [-0.2, -0.15) is 0 Å². The number of hydrogen-bond acceptors (Lipinski definition) is 4. The maximum atomic E-state index is 5.68. The fourth-order valence-corrected chi connectivity index (χ4v) is 2.55. The summed E-state index contributed by atoms with van der Waals surface area (Å²) in [5.41, 5.74) is 0.0266. The second-order valence-electron chi connectivity index (χ2n) is 4.60. The van der Waals surface area contributed by atoms with Crippen LogP contribution in [0.2, 0.25) is 0 Å². The summed E-state index contributed by atoms with van der Waals surface area (Å²) in [7, 11) is 0. The molecule has 84 valence electrons. The lowest BCUT2D eigenvalue weighted by Gasteiger charge is -2.35. The van der Waals surface area contributed by atoms with E-state index in [4.69, 9.17) is 4.74 Å². The van der Waals surface area contributed by atoms with Gasteiger partial charge in [0.1, 0.15) is 5.01 Å². The third kappa shape index (κ3) is 3.26. The van der Waals surface area contributed by atoms with E-state index in [-0.39, 0.29) is 5.60 Å². The highest BCUT2D eigenvalue weighted by Gasteiger charge is 2.28. The van der Waals surface area contributed by atoms with Gasteiger partial charge in [0.15, 0.2) is 0 Å². The second kappa shape index (κ2) is 4.60. The van der Waals surface area contributed by atoms with E-state index in [1.807, 2.05) is 11.6 Å². The molecule has 2 rings (SSSR count). The molecular formula is C11H18N2OS. The molecule has 1 saturated heterocycles. The topological polar surface area (TPSA) is 34.2 Å². The average molecular weight is 226 g/mol. The van der Waals surface area contributed by atoms with E-state index in [0.29, 0.717) is 6.04 Å². The highest BCUT2D eigenvalue weighted by atomic mass is 32.1. The zero-order chi connectivity index (χ0) is 10.7. The van der Waals surface area contributed by atoms with Crippen molar-refractivity contribution in [1.29, 1.82) is 0 Å². The Morgan fingerprint density at radius 1 is 1.67 bits per heavy atom. The molecule has 1 aliphatic rings. The first kappa shape index (κ1) is 11.0. The van der Waals surface area contributed by atoms with E-state index in [0.717, 1.165) is 26.0 Å². The Labute approximate surface area is 94.9 Å². The third-order valence-corrected chi connectivity index (χ3v) is 3.50. The van der Waals surface area contributed by atoms with Crippen LogP contribution in [0, 0.1) is 0 Å². The van der Waals surface area contributed by atoms with Gasteiger partial charge in [0.25, 0.3) is 0 Å². The molecule has 1 atom stereocenters. The van der Waals surface area contributed by atoms with Crippen molar-refractivity contribution in [2.45, 2.75) is 44.9 Å². The van der Waals surface area contributed by atoms with Gasteiger partial charge in [-0.1, -0.05) is 0 Å². The highest BCUT2D eigenvalue weighted by Crippen LogP contribution is 2.24. The summed E-state index contributed by atoms with van der Waals surface area (Å²) in [6.07, 6.45) is 4.04. The minimum absolute atomic E-state index is 0.0266. The predicted octanol–water partition coefficient (Wildman–Crippen LogP) is 2.19. The molecule has 3 nitrogen and oxygen atoms in total. The molecule has 1 fully saturated rings. The van der Waals surface area contributed by atoms with Crippen LogP contribution < -0.4 is 5.32 Å². The van der Waals surface area contributed by atoms with Gasteiger partial charge in [0.2, 0.25) is 0 Å². The molecule has 1 aromatic heterocycles. The van der Waals surface area contributed by atoms with Crippen molar-refractivity contribution >= 4 is 11.3 Å². The van der Waals surface area contributed by atoms with Crippen molar-refractivity contribution in [3.63, 3.8) is 0 Å². The summed E-state index contributed by atoms with van der Waals surface area (Å²) in [4.78, 5) is 4.26. The lowest BCUT2D eigenvalue weighted by Crippen LogP contribution is -2.43. The van der Waals surface area contributed by atoms with Crippen LogP contribution in [0.4, 0.5) is 0 Å². The Kier molecular flexibility index (Phi) is 3.38. The molecule has 0 aromatic carbocycles. The maximum absolute atomic E-state index is 5.68. The molecule has 1 unspecified atom stereocenters. The van der Waals surface area contributed by atoms with Gasteiger partial charge in [0.05, 0.1) is 5.60 Å². The summed E-state index contributed by atoms with van der Waals surface area (Å²) in [6, 6.07) is 0.567. The van der Waals surface area contributed by atoms with Crippen molar-refractivity contribution < 1.29 is 4.74 Å². The molecule has 0 bridgehead atoms. The van der Waals surface area contributed by atoms with E-state index in [9.17, 15) is 0 Å². The van der Waals surface area contributed by atoms with Crippen LogP contribution >= 0.6 is 11.3 Å². The number of hydrogen-bond donors (Lipinski definition) is 1. The molecule has 0 amide bonds. The summed E-state index contributed by atoms with van der Waals surface area (Å²) in [5, 5.41) is 6.73. The summed E-state index contributed by atoms with van der Waals surface area (Å²) >= 11 is 1.71. The monoisotopic (exact) mass is 226 g/mol. The average Bonchev–Trinajstić information content (AvgIpc) is 2.65. The molecular weight excluding hydrogens is 208 g/mol. The van der Waals surface area contributed by atoms with E-state index < -0.39 is 0 Å². The Morgan fingerprint density at radius 3 is 3.20 bits per heavy atom. The van der Waals surface area contributed by atoms with E-state index in [1.54, 1.807) is 11.3 Å². The minimum atomic E-state index is 0.0266. The van der Waals surface area contributed by atoms with Gasteiger partial charge >= 0.3 is 0 Å². The van der Waals surface area contributed by atoms with Gasteiger partial charge in [-0.25, -0.2) is 4.98 Å². The zero-order valence-electron chi connectivity index (χ0n) is 9.32. The number of nitrogens with one attached hydrogen (secondary N) is 1. The summed E-state index contributed by atoms with van der Waals surface area (Å²) in [6.45, 7) is 6.06. The first-order chi connectivity index (χ1) is 7.16. The Bertz CT molecular complexity index is 298. The second-order valence-corrected chi connectivity index (χ2v) is 5.58. The molecule has 0 spiro atoms. The first-order valence-corrected chi connectivity index (χ1v) is 6.29. The molecule has 0 saturated carbocycles. The minimum Gasteiger partial charge on any atom is -0.375 e. The normalized spacial score (nSPS) is 25.3. The van der Waals surface area contributed by atoms with Gasteiger partial charge in [-0.15, -0.1) is 11.3 Å². The summed E-state index contributed by atoms with van der Waals surface area (Å²) < 4.78 is 5.68. The molecule has 1 aromatic rings. The van der Waals surface area contributed by atoms with Crippen LogP contribution in [0.1, 0.15) is 31.7 Å². The van der Waals surface area contributed by atoms with Crippen LogP contribution in [-0.4, -0.2) is 23.2 Å². The molecule has 4 heteroatoms. The molecule has 2 heterocycles. The smallest absolute Gasteiger partial charge is 0.106 e. The van der Waals surface area contributed by atoms with Gasteiger partial charge in [-0.3, -0.25) is 0 Å². The lowest BCUT2D eigenvalue weighted by atomic mass is 9.94. The number of ether oxygens (including phenoxy) is 1.